The molecule has 1 saturated carbocycles. The van der Waals surface area contributed by atoms with Crippen LogP contribution < -0.4 is 14.4 Å². The monoisotopic (exact) mass is 770 g/mol. The van der Waals surface area contributed by atoms with Crippen LogP contribution in [0.4, 0.5) is 5.69 Å². The van der Waals surface area contributed by atoms with Crippen LogP contribution in [0.1, 0.15) is 74.4 Å². The number of nitrogens with zero attached hydrogens (tertiary/aromatic N) is 3. The first-order valence-corrected chi connectivity index (χ1v) is 21.5. The highest BCUT2D eigenvalue weighted by Gasteiger charge is 2.48. The van der Waals surface area contributed by atoms with E-state index < -0.39 is 26.8 Å². The van der Waals surface area contributed by atoms with Gasteiger partial charge in [0.15, 0.2) is 0 Å². The van der Waals surface area contributed by atoms with Crippen molar-refractivity contribution in [2.24, 2.45) is 17.8 Å². The standard InChI is InChI=1S/C41H59ClN4O6S/c1-5-52-41(29-45-21-19-44(20-22-45)23-24-50-4)17-8-9-30(2)31(3)53(48,49)43-40(47)33-13-16-39-38(26-33)46(27-34-12-15-37(34)41)18-7-6-10-32-25-36(42)14-11-35(32)28-51-39/h8,11,13-14,16-17,25-26,30-31,34,37H,5-7,9-10,12,15,18-24,27-29H2,1-4H3,(H,43,47)/b17-8+/t30-,31+,34-,37+,41-/m0/s1. The van der Waals surface area contributed by atoms with Crippen LogP contribution in [-0.4, -0.2) is 108 Å². The fourth-order valence-electron chi connectivity index (χ4n) is 8.56. The second-order valence-electron chi connectivity index (χ2n) is 15.5. The molecule has 1 saturated heterocycles. The van der Waals surface area contributed by atoms with E-state index in [4.69, 9.17) is 25.8 Å². The van der Waals surface area contributed by atoms with Crippen LogP contribution in [0.2, 0.25) is 5.02 Å². The quantitative estimate of drug-likeness (QED) is 0.332. The molecular weight excluding hydrogens is 712 g/mol. The minimum absolute atomic E-state index is 0.223. The number of allylic oxidation sites excluding steroid dienone is 1. The SMILES string of the molecule is CCO[C@]1(CN2CCN(CCOC)CC2)/C=C/C[C@H](C)[C@@H](C)S(=O)(=O)NC(=O)c2ccc3c(c2)N(CCCCc2cc(Cl)ccc2CO3)C[C@@H]2CC[C@H]21. The van der Waals surface area contributed by atoms with Gasteiger partial charge in [-0.2, -0.15) is 0 Å². The first-order valence-electron chi connectivity index (χ1n) is 19.6. The van der Waals surface area contributed by atoms with Crippen molar-refractivity contribution in [2.75, 3.05) is 77.6 Å². The van der Waals surface area contributed by atoms with Crippen molar-refractivity contribution in [3.05, 3.63) is 70.3 Å². The number of anilines is 1. The number of hydrogen-bond donors (Lipinski definition) is 1. The Balaban J connectivity index is 1.37. The molecule has 2 bridgehead atoms. The summed E-state index contributed by atoms with van der Waals surface area (Å²) in [6.45, 7) is 14.6. The summed E-state index contributed by atoms with van der Waals surface area (Å²) in [5, 5.41) is -0.0642. The molecule has 0 unspecified atom stereocenters. The van der Waals surface area contributed by atoms with E-state index in [-0.39, 0.29) is 11.8 Å². The number of nitrogens with one attached hydrogen (secondary N) is 1. The molecule has 6 rings (SSSR count). The van der Waals surface area contributed by atoms with Crippen LogP contribution in [0.3, 0.4) is 0 Å². The van der Waals surface area contributed by atoms with E-state index in [0.29, 0.717) is 36.9 Å². The molecule has 1 aliphatic carbocycles. The zero-order chi connectivity index (χ0) is 37.6. The van der Waals surface area contributed by atoms with Gasteiger partial charge in [0.2, 0.25) is 10.0 Å². The average molecular weight is 771 g/mol. The maximum atomic E-state index is 13.6. The van der Waals surface area contributed by atoms with Gasteiger partial charge in [0.1, 0.15) is 18.0 Å². The number of amides is 1. The van der Waals surface area contributed by atoms with Crippen LogP contribution >= 0.6 is 11.6 Å². The molecule has 0 spiro atoms. The fourth-order valence-corrected chi connectivity index (χ4v) is 10.0. The van der Waals surface area contributed by atoms with Crippen LogP contribution in [0.25, 0.3) is 0 Å². The van der Waals surface area contributed by atoms with Crippen molar-refractivity contribution in [1.29, 1.82) is 0 Å². The van der Waals surface area contributed by atoms with Crippen molar-refractivity contribution in [2.45, 2.75) is 76.8 Å². The summed E-state index contributed by atoms with van der Waals surface area (Å²) in [6.07, 6.45) is 9.93. The summed E-state index contributed by atoms with van der Waals surface area (Å²) < 4.78 is 48.5. The number of aryl methyl sites for hydroxylation is 1. The zero-order valence-corrected chi connectivity index (χ0v) is 33.6. The van der Waals surface area contributed by atoms with E-state index in [2.05, 4.69) is 38.5 Å². The van der Waals surface area contributed by atoms with Gasteiger partial charge >= 0.3 is 0 Å². The van der Waals surface area contributed by atoms with Gasteiger partial charge in [0, 0.05) is 76.7 Å². The van der Waals surface area contributed by atoms with Crippen molar-refractivity contribution in [3.8, 4) is 5.75 Å². The van der Waals surface area contributed by atoms with Crippen LogP contribution in [0.5, 0.6) is 5.75 Å². The van der Waals surface area contributed by atoms with Crippen molar-refractivity contribution < 1.29 is 27.4 Å². The molecule has 4 aliphatic rings. The number of carbonyl (C=O) groups excluding carboxylic acids is 1. The molecule has 0 radical (unpaired) electrons. The van der Waals surface area contributed by atoms with Gasteiger partial charge in [-0.25, -0.2) is 13.1 Å². The number of ether oxygens (including phenoxy) is 3. The molecule has 53 heavy (non-hydrogen) atoms. The zero-order valence-electron chi connectivity index (χ0n) is 32.0. The number of methoxy groups -OCH3 is 1. The maximum absolute atomic E-state index is 13.6. The first kappa shape index (κ1) is 40.0. The highest BCUT2D eigenvalue weighted by Crippen LogP contribution is 2.47. The first-order chi connectivity index (χ1) is 25.5. The van der Waals surface area contributed by atoms with E-state index in [9.17, 15) is 13.2 Å². The van der Waals surface area contributed by atoms with E-state index in [1.807, 2.05) is 37.3 Å². The second-order valence-corrected chi connectivity index (χ2v) is 18.0. The number of hydrogen-bond acceptors (Lipinski definition) is 9. The maximum Gasteiger partial charge on any atom is 0.264 e. The van der Waals surface area contributed by atoms with Crippen molar-refractivity contribution in [3.63, 3.8) is 0 Å². The number of halogens is 1. The van der Waals surface area contributed by atoms with Crippen molar-refractivity contribution >= 4 is 33.2 Å². The number of rotatable bonds is 7. The molecule has 3 heterocycles. The Kier molecular flexibility index (Phi) is 13.5. The Morgan fingerprint density at radius 3 is 2.53 bits per heavy atom. The molecule has 10 nitrogen and oxygen atoms in total. The molecule has 2 aromatic carbocycles. The average Bonchev–Trinajstić information content (AvgIpc) is 3.15. The summed E-state index contributed by atoms with van der Waals surface area (Å²) in [7, 11) is -2.21. The molecule has 292 valence electrons. The Labute approximate surface area is 322 Å². The molecule has 2 fully saturated rings. The fraction of sp³-hybridized carbons (Fsp3) is 0.634. The highest BCUT2D eigenvalue weighted by atomic mass is 35.5. The van der Waals surface area contributed by atoms with Crippen LogP contribution in [0.15, 0.2) is 48.6 Å². The summed E-state index contributed by atoms with van der Waals surface area (Å²) in [5.74, 6) is 0.455. The van der Waals surface area contributed by atoms with Crippen molar-refractivity contribution in [1.82, 2.24) is 14.5 Å². The molecule has 1 amide bonds. The van der Waals surface area contributed by atoms with E-state index in [1.165, 1.54) is 5.56 Å². The molecular formula is C41H59ClN4O6S. The Morgan fingerprint density at radius 2 is 1.79 bits per heavy atom. The third-order valence-corrected chi connectivity index (χ3v) is 14.3. The minimum Gasteiger partial charge on any atom is -0.487 e. The summed E-state index contributed by atoms with van der Waals surface area (Å²) in [6, 6.07) is 11.3. The van der Waals surface area contributed by atoms with E-state index >= 15 is 0 Å². The lowest BCUT2D eigenvalue weighted by molar-refractivity contribution is -0.112. The molecule has 3 aliphatic heterocycles. The third-order valence-electron chi connectivity index (χ3n) is 12.1. The van der Waals surface area contributed by atoms with Gasteiger partial charge in [0.25, 0.3) is 5.91 Å². The van der Waals surface area contributed by atoms with Gasteiger partial charge < -0.3 is 19.1 Å². The van der Waals surface area contributed by atoms with Crippen LogP contribution in [-0.2, 0) is 32.5 Å². The molecule has 12 heteroatoms. The van der Waals surface area contributed by atoms with Gasteiger partial charge in [-0.15, -0.1) is 0 Å². The predicted molar refractivity (Wildman–Crippen MR) is 211 cm³/mol. The summed E-state index contributed by atoms with van der Waals surface area (Å²) in [5.41, 5.74) is 2.88. The predicted octanol–water partition coefficient (Wildman–Crippen LogP) is 6.17. The normalized spacial score (nSPS) is 29.4. The number of carbonyl (C=O) groups is 1. The number of sulfonamides is 1. The van der Waals surface area contributed by atoms with Gasteiger partial charge in [-0.1, -0.05) is 36.7 Å². The topological polar surface area (TPSA) is 101 Å². The molecule has 0 aromatic heterocycles. The molecule has 1 N–H and O–H groups in total. The lowest BCUT2D eigenvalue weighted by Gasteiger charge is -2.52. The van der Waals surface area contributed by atoms with E-state index in [0.717, 1.165) is 107 Å². The third kappa shape index (κ3) is 9.59. The number of piperazine rings is 1. The van der Waals surface area contributed by atoms with Gasteiger partial charge in [-0.05, 0) is 112 Å². The Bertz CT molecular complexity index is 1700. The summed E-state index contributed by atoms with van der Waals surface area (Å²) >= 11 is 6.41. The van der Waals surface area contributed by atoms with Crippen LogP contribution in [0, 0.1) is 17.8 Å². The Morgan fingerprint density at radius 1 is 1.00 bits per heavy atom. The minimum atomic E-state index is -3.96. The number of benzene rings is 2. The van der Waals surface area contributed by atoms with E-state index in [1.54, 1.807) is 20.1 Å². The molecule has 5 atom stereocenters. The Hall–Kier alpha value is -2.67. The molecule has 2 aromatic rings. The lowest BCUT2D eigenvalue weighted by atomic mass is 9.63. The second kappa shape index (κ2) is 17.9. The van der Waals surface area contributed by atoms with Gasteiger partial charge in [-0.3, -0.25) is 14.6 Å². The number of fused-ring (bicyclic) bond motifs is 3. The largest absolute Gasteiger partial charge is 0.487 e. The van der Waals surface area contributed by atoms with Gasteiger partial charge in [0.05, 0.1) is 17.5 Å². The smallest absolute Gasteiger partial charge is 0.264 e. The summed E-state index contributed by atoms with van der Waals surface area (Å²) in [4.78, 5) is 21.0. The highest BCUT2D eigenvalue weighted by molar-refractivity contribution is 7.90. The lowest BCUT2D eigenvalue weighted by Crippen LogP contribution is -2.59.